The standard InChI is InChI=1S/C12H13ClINO/c13-10-4-2-6-15(8-10)12(16)9-3-1-5-11(14)7-9/h1,3,5,7,10H,2,4,6,8H2. The van der Waals surface area contributed by atoms with Crippen molar-refractivity contribution in [3.8, 4) is 0 Å². The van der Waals surface area contributed by atoms with Crippen molar-refractivity contribution in [1.29, 1.82) is 0 Å². The second-order valence-corrected chi connectivity index (χ2v) is 5.86. The quantitative estimate of drug-likeness (QED) is 0.563. The van der Waals surface area contributed by atoms with Gasteiger partial charge in [0.05, 0.1) is 5.38 Å². The van der Waals surface area contributed by atoms with Crippen molar-refractivity contribution in [2.75, 3.05) is 13.1 Å². The zero-order valence-corrected chi connectivity index (χ0v) is 11.7. The summed E-state index contributed by atoms with van der Waals surface area (Å²) in [5, 5.41) is 0.112. The summed E-state index contributed by atoms with van der Waals surface area (Å²) in [6.07, 6.45) is 2.02. The molecular weight excluding hydrogens is 336 g/mol. The van der Waals surface area contributed by atoms with Gasteiger partial charge in [-0.1, -0.05) is 6.07 Å². The first-order chi connectivity index (χ1) is 7.66. The number of benzene rings is 1. The van der Waals surface area contributed by atoms with Gasteiger partial charge in [-0.05, 0) is 53.6 Å². The Bertz CT molecular complexity index is 396. The first-order valence-corrected chi connectivity index (χ1v) is 6.87. The van der Waals surface area contributed by atoms with E-state index < -0.39 is 0 Å². The van der Waals surface area contributed by atoms with Crippen molar-refractivity contribution in [1.82, 2.24) is 4.90 Å². The molecule has 1 aliphatic rings. The van der Waals surface area contributed by atoms with Crippen molar-refractivity contribution in [2.45, 2.75) is 18.2 Å². The van der Waals surface area contributed by atoms with E-state index in [1.54, 1.807) is 0 Å². The lowest BCUT2D eigenvalue weighted by atomic mass is 10.1. The molecule has 1 aromatic rings. The first-order valence-electron chi connectivity index (χ1n) is 5.36. The highest BCUT2D eigenvalue weighted by Gasteiger charge is 2.22. The molecule has 1 atom stereocenters. The van der Waals surface area contributed by atoms with Gasteiger partial charge in [0, 0.05) is 22.2 Å². The fourth-order valence-corrected chi connectivity index (χ4v) is 2.78. The molecule has 1 saturated heterocycles. The highest BCUT2D eigenvalue weighted by atomic mass is 127. The summed E-state index contributed by atoms with van der Waals surface area (Å²) in [6.45, 7) is 1.50. The number of nitrogens with zero attached hydrogens (tertiary/aromatic N) is 1. The maximum absolute atomic E-state index is 12.2. The lowest BCUT2D eigenvalue weighted by molar-refractivity contribution is 0.0727. The zero-order chi connectivity index (χ0) is 11.5. The van der Waals surface area contributed by atoms with Gasteiger partial charge in [0.1, 0.15) is 0 Å². The topological polar surface area (TPSA) is 20.3 Å². The Morgan fingerprint density at radius 3 is 3.00 bits per heavy atom. The second kappa shape index (κ2) is 5.36. The molecule has 86 valence electrons. The van der Waals surface area contributed by atoms with E-state index in [1.165, 1.54) is 0 Å². The fraction of sp³-hybridized carbons (Fsp3) is 0.417. The Balaban J connectivity index is 2.12. The Hall–Kier alpha value is -0.290. The summed E-state index contributed by atoms with van der Waals surface area (Å²) in [7, 11) is 0. The summed E-state index contributed by atoms with van der Waals surface area (Å²) in [6, 6.07) is 7.68. The predicted molar refractivity (Wildman–Crippen MR) is 73.9 cm³/mol. The Morgan fingerprint density at radius 1 is 1.50 bits per heavy atom. The van der Waals surface area contributed by atoms with Crippen molar-refractivity contribution in [2.24, 2.45) is 0 Å². The predicted octanol–water partition coefficient (Wildman–Crippen LogP) is 3.13. The molecule has 1 fully saturated rings. The van der Waals surface area contributed by atoms with Crippen LogP contribution in [0, 0.1) is 3.57 Å². The molecule has 4 heteroatoms. The average Bonchev–Trinajstić information content (AvgIpc) is 2.28. The van der Waals surface area contributed by atoms with Crippen LogP contribution >= 0.6 is 34.2 Å². The number of likely N-dealkylation sites (tertiary alicyclic amines) is 1. The largest absolute Gasteiger partial charge is 0.337 e. The Labute approximate surface area is 114 Å². The second-order valence-electron chi connectivity index (χ2n) is 4.00. The molecule has 2 rings (SSSR count). The van der Waals surface area contributed by atoms with Crippen LogP contribution in [-0.4, -0.2) is 29.3 Å². The molecule has 1 aromatic carbocycles. The van der Waals surface area contributed by atoms with Crippen LogP contribution in [0.4, 0.5) is 0 Å². The third kappa shape index (κ3) is 2.88. The van der Waals surface area contributed by atoms with Gasteiger partial charge in [0.2, 0.25) is 0 Å². The molecule has 1 aliphatic heterocycles. The van der Waals surface area contributed by atoms with Gasteiger partial charge in [-0.2, -0.15) is 0 Å². The van der Waals surface area contributed by atoms with Gasteiger partial charge in [-0.15, -0.1) is 11.6 Å². The van der Waals surface area contributed by atoms with Crippen LogP contribution in [0.25, 0.3) is 0 Å². The number of alkyl halides is 1. The molecule has 0 N–H and O–H groups in total. The van der Waals surface area contributed by atoms with Gasteiger partial charge in [0.15, 0.2) is 0 Å². The van der Waals surface area contributed by atoms with Crippen LogP contribution in [0.1, 0.15) is 23.2 Å². The normalized spacial score (nSPS) is 20.9. The van der Waals surface area contributed by atoms with Gasteiger partial charge in [-0.25, -0.2) is 0 Å². The molecule has 1 heterocycles. The summed E-state index contributed by atoms with van der Waals surface area (Å²) in [4.78, 5) is 14.0. The fourth-order valence-electron chi connectivity index (χ4n) is 1.91. The lowest BCUT2D eigenvalue weighted by Gasteiger charge is -2.29. The van der Waals surface area contributed by atoms with Crippen LogP contribution < -0.4 is 0 Å². The molecule has 1 amide bonds. The van der Waals surface area contributed by atoms with E-state index in [1.807, 2.05) is 29.2 Å². The van der Waals surface area contributed by atoms with Crippen molar-refractivity contribution in [3.05, 3.63) is 33.4 Å². The van der Waals surface area contributed by atoms with Gasteiger partial charge < -0.3 is 4.90 Å². The number of piperidine rings is 1. The maximum atomic E-state index is 12.2. The summed E-state index contributed by atoms with van der Waals surface area (Å²) in [5.41, 5.74) is 0.762. The maximum Gasteiger partial charge on any atom is 0.253 e. The molecule has 0 bridgehead atoms. The third-order valence-electron chi connectivity index (χ3n) is 2.72. The van der Waals surface area contributed by atoms with Crippen LogP contribution in [0.2, 0.25) is 0 Å². The number of rotatable bonds is 1. The van der Waals surface area contributed by atoms with E-state index >= 15 is 0 Å². The first kappa shape index (κ1) is 12.2. The minimum atomic E-state index is 0.101. The van der Waals surface area contributed by atoms with Crippen LogP contribution in [0.15, 0.2) is 24.3 Å². The van der Waals surface area contributed by atoms with Gasteiger partial charge in [-0.3, -0.25) is 4.79 Å². The van der Waals surface area contributed by atoms with E-state index in [4.69, 9.17) is 11.6 Å². The number of hydrogen-bond donors (Lipinski definition) is 0. The third-order valence-corrected chi connectivity index (χ3v) is 3.75. The van der Waals surface area contributed by atoms with Crippen LogP contribution in [-0.2, 0) is 0 Å². The molecule has 1 unspecified atom stereocenters. The number of amides is 1. The minimum Gasteiger partial charge on any atom is -0.337 e. The van der Waals surface area contributed by atoms with Crippen LogP contribution in [0.5, 0.6) is 0 Å². The highest BCUT2D eigenvalue weighted by Crippen LogP contribution is 2.18. The summed E-state index contributed by atoms with van der Waals surface area (Å²) in [5.74, 6) is 0.101. The van der Waals surface area contributed by atoms with Crippen molar-refractivity contribution < 1.29 is 4.79 Å². The molecular formula is C12H13ClINO. The van der Waals surface area contributed by atoms with Gasteiger partial charge >= 0.3 is 0 Å². The van der Waals surface area contributed by atoms with E-state index in [-0.39, 0.29) is 11.3 Å². The van der Waals surface area contributed by atoms with E-state index in [2.05, 4.69) is 22.6 Å². The number of hydrogen-bond acceptors (Lipinski definition) is 1. The molecule has 0 aromatic heterocycles. The Kier molecular flexibility index (Phi) is 4.08. The minimum absolute atomic E-state index is 0.101. The molecule has 0 spiro atoms. The lowest BCUT2D eigenvalue weighted by Crippen LogP contribution is -2.40. The van der Waals surface area contributed by atoms with E-state index in [9.17, 15) is 4.79 Å². The highest BCUT2D eigenvalue weighted by molar-refractivity contribution is 14.1. The summed E-state index contributed by atoms with van der Waals surface area (Å²) < 4.78 is 1.09. The Morgan fingerprint density at radius 2 is 2.31 bits per heavy atom. The molecule has 2 nitrogen and oxygen atoms in total. The summed E-state index contributed by atoms with van der Waals surface area (Å²) >= 11 is 8.30. The van der Waals surface area contributed by atoms with Crippen molar-refractivity contribution in [3.63, 3.8) is 0 Å². The molecule has 0 saturated carbocycles. The monoisotopic (exact) mass is 349 g/mol. The average molecular weight is 350 g/mol. The zero-order valence-electron chi connectivity index (χ0n) is 8.83. The number of halogens is 2. The van der Waals surface area contributed by atoms with Gasteiger partial charge in [0.25, 0.3) is 5.91 Å². The van der Waals surface area contributed by atoms with E-state index in [0.29, 0.717) is 6.54 Å². The molecule has 16 heavy (non-hydrogen) atoms. The van der Waals surface area contributed by atoms with Crippen molar-refractivity contribution >= 4 is 40.1 Å². The van der Waals surface area contributed by atoms with E-state index in [0.717, 1.165) is 28.5 Å². The smallest absolute Gasteiger partial charge is 0.253 e. The molecule has 0 aliphatic carbocycles. The van der Waals surface area contributed by atoms with Crippen LogP contribution in [0.3, 0.4) is 0 Å². The SMILES string of the molecule is O=C(c1cccc(I)c1)N1CCCC(Cl)C1. The number of carbonyl (C=O) groups excluding carboxylic acids is 1. The number of carbonyl (C=O) groups is 1. The molecule has 0 radical (unpaired) electrons.